The smallest absolute Gasteiger partial charge is 0.477 e. The lowest BCUT2D eigenvalue weighted by Gasteiger charge is -2.08. The average Bonchev–Trinajstić information content (AvgIpc) is 1.80. The quantitative estimate of drug-likeness (QED) is 0.0104. The molecule has 4 aromatic carbocycles. The Balaban J connectivity index is 0. The first kappa shape index (κ1) is 97.7. The lowest BCUT2D eigenvalue weighted by molar-refractivity contribution is -0.138. The highest BCUT2D eigenvalue weighted by atomic mass is 35.8. The van der Waals surface area contributed by atoms with Gasteiger partial charge in [0.15, 0.2) is 5.78 Å². The molecule has 0 aliphatic carbocycles. The van der Waals surface area contributed by atoms with Crippen molar-refractivity contribution in [3.63, 3.8) is 0 Å². The Morgan fingerprint density at radius 3 is 1.06 bits per heavy atom. The van der Waals surface area contributed by atoms with E-state index in [1.807, 2.05) is 19.9 Å². The third-order valence-electron chi connectivity index (χ3n) is 13.2. The van der Waals surface area contributed by atoms with Gasteiger partial charge < -0.3 is 39.3 Å². The molecule has 5 N–H and O–H groups in total. The minimum absolute atomic E-state index is 0. The molecule has 0 bridgehead atoms. The molecule has 4 heterocycles. The molecule has 8 rings (SSSR count). The summed E-state index contributed by atoms with van der Waals surface area (Å²) in [6, 6.07) is 27.8. The Bertz CT molecular complexity index is 3920. The number of hydrogen-bond donors (Lipinski definition) is 5. The van der Waals surface area contributed by atoms with E-state index in [1.54, 1.807) is 58.9 Å². The summed E-state index contributed by atoms with van der Waals surface area (Å²) in [6.45, 7) is 13.1. The van der Waals surface area contributed by atoms with Gasteiger partial charge in [0.1, 0.15) is 22.8 Å². The molecule has 0 spiro atoms. The minimum atomic E-state index is -4.46. The van der Waals surface area contributed by atoms with E-state index in [0.717, 1.165) is 76.7 Å². The van der Waals surface area contributed by atoms with Crippen molar-refractivity contribution in [2.45, 2.75) is 134 Å². The first-order valence-electron chi connectivity index (χ1n) is 29.5. The molecular weight excluding hydrogens is 1520 g/mol. The second-order valence-corrected chi connectivity index (χ2v) is 28.3. The van der Waals surface area contributed by atoms with Gasteiger partial charge in [-0.05, 0) is 174 Å². The lowest BCUT2D eigenvalue weighted by Crippen LogP contribution is -2.08. The normalized spacial score (nSPS) is 10.6. The Morgan fingerprint density at radius 1 is 0.427 bits per heavy atom. The maximum atomic E-state index is 12.7. The first-order valence-corrected chi connectivity index (χ1v) is 36.1. The zero-order valence-corrected chi connectivity index (χ0v) is 59.9. The average molecular weight is 1600 g/mol. The molecule has 0 unspecified atom stereocenters. The number of benzene rings is 4. The molecule has 103 heavy (non-hydrogen) atoms. The van der Waals surface area contributed by atoms with Crippen molar-refractivity contribution in [2.75, 3.05) is 25.2 Å². The summed E-state index contributed by atoms with van der Waals surface area (Å²) in [5.74, 6) is -2.73. The molecule has 0 atom stereocenters. The van der Waals surface area contributed by atoms with E-state index in [-0.39, 0.29) is 93.5 Å². The van der Waals surface area contributed by atoms with E-state index < -0.39 is 81.5 Å². The first-order chi connectivity index (χ1) is 46.6. The summed E-state index contributed by atoms with van der Waals surface area (Å²) in [5.41, 5.74) is 4.85. The fourth-order valence-corrected chi connectivity index (χ4v) is 8.83. The van der Waals surface area contributed by atoms with Crippen molar-refractivity contribution in [3.05, 3.63) is 234 Å². The van der Waals surface area contributed by atoms with Gasteiger partial charge in [-0.3, -0.25) is 9.59 Å². The Morgan fingerprint density at radius 2 is 0.738 bits per heavy atom. The third-order valence-corrected chi connectivity index (χ3v) is 13.3. The van der Waals surface area contributed by atoms with E-state index >= 15 is 0 Å². The molecule has 0 saturated heterocycles. The van der Waals surface area contributed by atoms with Crippen LogP contribution in [0.25, 0.3) is 0 Å². The third kappa shape index (κ3) is 36.8. The standard InChI is InChI=1S/C17H16F3NO3.C17H18F3NO2.C15H14F3NO2.C9H6ClF3O.C8H11NO2.CH2Cl2.3CH4.Al.3ClH/c1-3-24-16(23)14-9-13(10(2)21-14)15(22)8-11-5-4-6-12(7-11)17(18,19)20;1-3-23-16(22)15-10-13(11(2)21-15)8-7-12-5-4-6-14(9-12)17(18,19)20;1-9-11(8-13(19-9)14(20)21)6-5-10-3-2-4-12(7-10)15(16,17)18;10-8(14)5-6-2-1-3-7(4-6)9(11,12)13;1-3-11-8(10)7-5-4-6(2)9-7;2-1-3;;;;;;;/h4-7,9,21H,3,8H2,1-2H3;4-6,9-10,21H,3,7-8H2,1-2H3;2-4,7-8,19H,5-6H2,1H3,(H,20,21);1-4H,5H2;4-5,9H,3H2,1-2H3;1H2;3*1H4;;3*1H/q;;;;;;;;;+3;;;/p-3. The number of carbonyl (C=O) groups excluding carboxylic acids is 5. The molecule has 0 fully saturated rings. The van der Waals surface area contributed by atoms with Gasteiger partial charge in [-0.15, -0.1) is 23.2 Å². The Labute approximate surface area is 621 Å². The number of H-pyrrole nitrogens is 4. The van der Waals surface area contributed by atoms with Gasteiger partial charge in [0.2, 0.25) is 5.24 Å². The van der Waals surface area contributed by atoms with Crippen LogP contribution in [0.1, 0.15) is 174 Å². The van der Waals surface area contributed by atoms with Gasteiger partial charge in [0, 0.05) is 41.2 Å². The van der Waals surface area contributed by atoms with Crippen molar-refractivity contribution in [1.29, 1.82) is 0 Å². The van der Waals surface area contributed by atoms with Gasteiger partial charge in [-0.1, -0.05) is 95.1 Å². The largest absolute Gasteiger partial charge is 0.643 e. The van der Waals surface area contributed by atoms with Gasteiger partial charge in [0.05, 0.1) is 47.4 Å². The number of nitrogens with one attached hydrogen (secondary N) is 4. The van der Waals surface area contributed by atoms with Gasteiger partial charge in [-0.25, -0.2) is 49.3 Å². The summed E-state index contributed by atoms with van der Waals surface area (Å²) in [5, 5.41) is 8.40. The van der Waals surface area contributed by atoms with Gasteiger partial charge >= 0.3 is 60.0 Å². The topological polar surface area (TPSA) is 213 Å². The molecular formula is C70H79AlCl6F12N4O10. The fourth-order valence-electron chi connectivity index (χ4n) is 8.67. The maximum absolute atomic E-state index is 12.7. The molecule has 14 nitrogen and oxygen atoms in total. The van der Waals surface area contributed by atoms with E-state index in [4.69, 9.17) is 84.3 Å². The molecule has 0 radical (unpaired) electrons. The number of aromatic nitrogens is 4. The Hall–Kier alpha value is -7.35. The molecule has 8 aromatic rings. The van der Waals surface area contributed by atoms with Gasteiger partial charge in [-0.2, -0.15) is 52.7 Å². The number of alkyl halides is 14. The fraction of sp³-hybridized carbons (Fsp3) is 0.343. The summed E-state index contributed by atoms with van der Waals surface area (Å²) in [6.07, 6.45) is -16.0. The highest BCUT2D eigenvalue weighted by Gasteiger charge is 2.33. The molecule has 4 aromatic heterocycles. The van der Waals surface area contributed by atoms with Crippen LogP contribution in [0.3, 0.4) is 0 Å². The van der Waals surface area contributed by atoms with E-state index in [1.165, 1.54) is 48.5 Å². The SMILES string of the molecule is C.C.C.CCOC(=O)c1cc(C(=O)Cc2cccc(C(F)(F)F)c2)c(C)[nH]1.CCOC(=O)c1cc(CCc2cccc(C(F)(F)F)c2)c(C)[nH]1.CCOC(=O)c1ccc(C)[nH]1.Cc1[nH]c(C(=O)O)cc1CCc1cccc(C(F)(F)F)c1.ClCCl.O=C(Cl)Cc1cccc(C(F)(F)F)c1.[Cl][Al]([Cl])[Cl]. The molecule has 0 amide bonds. The number of hydrogen-bond acceptors (Lipinski definition) is 9. The number of aryl methyl sites for hydroxylation is 8. The summed E-state index contributed by atoms with van der Waals surface area (Å²) in [4.78, 5) is 79.3. The number of ether oxygens (including phenoxy) is 3. The zero-order valence-electron chi connectivity index (χ0n) is 54.2. The maximum Gasteiger partial charge on any atom is 0.643 e. The number of rotatable bonds is 18. The highest BCUT2D eigenvalue weighted by molar-refractivity contribution is 7.54. The van der Waals surface area contributed by atoms with Crippen LogP contribution in [0.4, 0.5) is 52.7 Å². The number of Topliss-reactive ketones (excluding diaryl/α,β-unsaturated/α-hetero) is 1. The number of ketones is 1. The van der Waals surface area contributed by atoms with E-state index in [2.05, 4.69) is 19.9 Å². The predicted molar refractivity (Wildman–Crippen MR) is 380 cm³/mol. The van der Waals surface area contributed by atoms with Crippen LogP contribution in [0.5, 0.6) is 0 Å². The van der Waals surface area contributed by atoms with E-state index in [9.17, 15) is 81.5 Å². The minimum Gasteiger partial charge on any atom is -0.477 e. The number of aromatic amines is 4. The van der Waals surface area contributed by atoms with Crippen molar-refractivity contribution < 1.29 is 101 Å². The lowest BCUT2D eigenvalue weighted by atomic mass is 10.0. The molecule has 0 aliphatic rings. The highest BCUT2D eigenvalue weighted by Crippen LogP contribution is 2.33. The monoisotopic (exact) mass is 1600 g/mol. The van der Waals surface area contributed by atoms with Crippen LogP contribution in [0, 0.1) is 27.7 Å². The molecule has 568 valence electrons. The number of halogens is 18. The summed E-state index contributed by atoms with van der Waals surface area (Å²) >= 11 is 12.9. The van der Waals surface area contributed by atoms with Crippen molar-refractivity contribution in [3.8, 4) is 0 Å². The van der Waals surface area contributed by atoms with Crippen LogP contribution in [-0.2, 0) is 82.2 Å². The number of carbonyl (C=O) groups is 6. The number of aromatic carboxylic acids is 1. The number of carboxylic acids is 1. The van der Waals surface area contributed by atoms with Crippen LogP contribution >= 0.6 is 65.0 Å². The molecule has 33 heteroatoms. The van der Waals surface area contributed by atoms with Crippen LogP contribution in [0.2, 0.25) is 0 Å². The van der Waals surface area contributed by atoms with Crippen molar-refractivity contribution in [1.82, 2.24) is 19.9 Å². The predicted octanol–water partition coefficient (Wildman–Crippen LogP) is 21.6. The second-order valence-electron chi connectivity index (χ2n) is 20.7. The zero-order chi connectivity index (χ0) is 75.9. The second kappa shape index (κ2) is 47.2. The molecule has 0 saturated carbocycles. The summed E-state index contributed by atoms with van der Waals surface area (Å²) < 4.78 is 165. The summed E-state index contributed by atoms with van der Waals surface area (Å²) in [7, 11) is 14.8. The van der Waals surface area contributed by atoms with Crippen LogP contribution in [0.15, 0.2) is 127 Å². The van der Waals surface area contributed by atoms with Gasteiger partial charge in [0.25, 0.3) is 0 Å². The van der Waals surface area contributed by atoms with Crippen molar-refractivity contribution in [2.24, 2.45) is 0 Å². The Kier molecular flexibility index (Phi) is 44.8. The van der Waals surface area contributed by atoms with Crippen molar-refractivity contribution >= 4 is 111 Å². The number of esters is 3. The molecule has 0 aliphatic heterocycles. The van der Waals surface area contributed by atoms with Crippen LogP contribution < -0.4 is 0 Å². The van der Waals surface area contributed by atoms with Crippen LogP contribution in [-0.4, -0.2) is 96.5 Å². The number of carboxylic acid groups (broad SMARTS) is 1. The van der Waals surface area contributed by atoms with E-state index in [0.29, 0.717) is 60.5 Å².